The highest BCUT2D eigenvalue weighted by Gasteiger charge is 2.80. The third-order valence-electron chi connectivity index (χ3n) is 8.73. The number of carbonyl (C=O) groups excluding carboxylic acids is 3. The van der Waals surface area contributed by atoms with Gasteiger partial charge < -0.3 is 29.3 Å². The number of hydrogen-bond acceptors (Lipinski definition) is 6. The van der Waals surface area contributed by atoms with Crippen molar-refractivity contribution in [3.8, 4) is 5.75 Å². The van der Waals surface area contributed by atoms with E-state index in [-0.39, 0.29) is 36.8 Å². The lowest BCUT2D eigenvalue weighted by Crippen LogP contribution is -2.58. The number of amides is 3. The Labute approximate surface area is 224 Å². The molecule has 2 bridgehead atoms. The normalized spacial score (nSPS) is 32.1. The van der Waals surface area contributed by atoms with Crippen molar-refractivity contribution in [1.29, 1.82) is 0 Å². The Hall–Kier alpha value is -3.17. The predicted molar refractivity (Wildman–Crippen MR) is 144 cm³/mol. The van der Waals surface area contributed by atoms with Crippen LogP contribution in [0.3, 0.4) is 0 Å². The molecule has 4 rings (SSSR count). The van der Waals surface area contributed by atoms with Gasteiger partial charge in [-0.3, -0.25) is 14.4 Å². The lowest BCUT2D eigenvalue weighted by Gasteiger charge is -2.39. The first kappa shape index (κ1) is 27.9. The molecule has 0 saturated carbocycles. The van der Waals surface area contributed by atoms with Gasteiger partial charge in [0.2, 0.25) is 11.8 Å². The number of benzene rings is 1. The number of likely N-dealkylation sites (tertiary alicyclic amines) is 1. The van der Waals surface area contributed by atoms with Crippen molar-refractivity contribution < 1.29 is 29.0 Å². The number of methoxy groups -OCH3 is 1. The van der Waals surface area contributed by atoms with Gasteiger partial charge in [0.05, 0.1) is 37.2 Å². The first-order valence-corrected chi connectivity index (χ1v) is 13.1. The predicted octanol–water partition coefficient (Wildman–Crippen LogP) is 2.25. The van der Waals surface area contributed by atoms with Crippen LogP contribution in [-0.4, -0.2) is 89.8 Å². The number of aliphatic hydroxyl groups excluding tert-OH is 1. The molecule has 3 unspecified atom stereocenters. The molecular weight excluding hydrogens is 486 g/mol. The standard InChI is InChI=1S/C29H39N3O6/c1-8-14-30(6)25(34)22-23-26(35)32(19(4)17-33)24(29(23)16-18(3)28(22,5)38-29)27(36)31(15-9-2)20-10-12-21(37-7)13-11-20/h8-13,18-19,22-24,33H,1-2,14-17H2,3-7H3/t18?,19-,22+,23+,24?,28-,29?/m1/s1. The van der Waals surface area contributed by atoms with E-state index in [1.165, 1.54) is 4.90 Å². The van der Waals surface area contributed by atoms with Crippen LogP contribution >= 0.6 is 0 Å². The van der Waals surface area contributed by atoms with Crippen molar-refractivity contribution in [2.45, 2.75) is 50.5 Å². The number of nitrogens with zero attached hydrogens (tertiary/aromatic N) is 3. The largest absolute Gasteiger partial charge is 0.497 e. The van der Waals surface area contributed by atoms with E-state index >= 15 is 0 Å². The Morgan fingerprint density at radius 3 is 2.42 bits per heavy atom. The van der Waals surface area contributed by atoms with Gasteiger partial charge in [-0.25, -0.2) is 0 Å². The Morgan fingerprint density at radius 1 is 1.24 bits per heavy atom. The van der Waals surface area contributed by atoms with Crippen LogP contribution in [-0.2, 0) is 19.1 Å². The van der Waals surface area contributed by atoms with E-state index in [2.05, 4.69) is 13.2 Å². The molecule has 3 saturated heterocycles. The number of likely N-dealkylation sites (N-methyl/N-ethyl adjacent to an activating group) is 1. The number of carbonyl (C=O) groups is 3. The Bertz CT molecular complexity index is 1120. The van der Waals surface area contributed by atoms with Crippen LogP contribution in [0.2, 0.25) is 0 Å². The van der Waals surface area contributed by atoms with E-state index in [1.807, 2.05) is 13.8 Å². The van der Waals surface area contributed by atoms with Gasteiger partial charge in [-0.2, -0.15) is 0 Å². The molecule has 9 heteroatoms. The zero-order valence-corrected chi connectivity index (χ0v) is 22.9. The average molecular weight is 526 g/mol. The molecule has 3 heterocycles. The van der Waals surface area contributed by atoms with Crippen LogP contribution in [0.4, 0.5) is 5.69 Å². The minimum atomic E-state index is -1.20. The van der Waals surface area contributed by atoms with Gasteiger partial charge in [0.1, 0.15) is 17.4 Å². The second kappa shape index (κ2) is 10.2. The summed E-state index contributed by atoms with van der Waals surface area (Å²) in [6, 6.07) is 5.41. The maximum Gasteiger partial charge on any atom is 0.253 e. The Kier molecular flexibility index (Phi) is 7.47. The number of aliphatic hydroxyl groups is 1. The lowest BCUT2D eigenvalue weighted by atomic mass is 9.62. The number of fused-ring (bicyclic) bond motifs is 1. The van der Waals surface area contributed by atoms with Crippen molar-refractivity contribution in [2.75, 3.05) is 38.8 Å². The van der Waals surface area contributed by atoms with Gasteiger partial charge in [0.15, 0.2) is 0 Å². The summed E-state index contributed by atoms with van der Waals surface area (Å²) in [5.41, 5.74) is -1.50. The summed E-state index contributed by atoms with van der Waals surface area (Å²) in [7, 11) is 3.25. The maximum atomic E-state index is 14.5. The highest BCUT2D eigenvalue weighted by Crippen LogP contribution is 2.65. The van der Waals surface area contributed by atoms with Gasteiger partial charge in [0, 0.05) is 25.8 Å². The van der Waals surface area contributed by atoms with Gasteiger partial charge >= 0.3 is 0 Å². The van der Waals surface area contributed by atoms with Gasteiger partial charge in [0.25, 0.3) is 5.91 Å². The van der Waals surface area contributed by atoms with Gasteiger partial charge in [-0.05, 0) is 50.5 Å². The molecule has 0 aromatic heterocycles. The fourth-order valence-corrected chi connectivity index (χ4v) is 6.78. The zero-order valence-electron chi connectivity index (χ0n) is 22.9. The molecule has 206 valence electrons. The van der Waals surface area contributed by atoms with Crippen molar-refractivity contribution in [2.24, 2.45) is 17.8 Å². The quantitative estimate of drug-likeness (QED) is 0.471. The first-order chi connectivity index (χ1) is 18.0. The van der Waals surface area contributed by atoms with Crippen LogP contribution in [0.15, 0.2) is 49.6 Å². The highest BCUT2D eigenvalue weighted by molar-refractivity contribution is 6.05. The Balaban J connectivity index is 1.84. The van der Waals surface area contributed by atoms with E-state index in [1.54, 1.807) is 67.3 Å². The first-order valence-electron chi connectivity index (χ1n) is 13.1. The smallest absolute Gasteiger partial charge is 0.253 e. The topological polar surface area (TPSA) is 99.6 Å². The number of ether oxygens (including phenoxy) is 2. The zero-order chi connectivity index (χ0) is 28.0. The summed E-state index contributed by atoms with van der Waals surface area (Å²) < 4.78 is 12.0. The molecule has 7 atom stereocenters. The summed E-state index contributed by atoms with van der Waals surface area (Å²) in [4.78, 5) is 47.0. The van der Waals surface area contributed by atoms with Crippen LogP contribution in [0, 0.1) is 17.8 Å². The molecule has 1 aromatic carbocycles. The third-order valence-corrected chi connectivity index (χ3v) is 8.73. The van der Waals surface area contributed by atoms with Crippen LogP contribution in [0.1, 0.15) is 27.2 Å². The lowest BCUT2D eigenvalue weighted by molar-refractivity contribution is -0.152. The van der Waals surface area contributed by atoms with Gasteiger partial charge in [-0.1, -0.05) is 19.1 Å². The minimum absolute atomic E-state index is 0.0776. The summed E-state index contributed by atoms with van der Waals surface area (Å²) in [5, 5.41) is 10.1. The van der Waals surface area contributed by atoms with E-state index in [0.29, 0.717) is 24.4 Å². The minimum Gasteiger partial charge on any atom is -0.497 e. The van der Waals surface area contributed by atoms with Crippen LogP contribution in [0.5, 0.6) is 5.75 Å². The molecule has 3 aliphatic rings. The van der Waals surface area contributed by atoms with E-state index in [4.69, 9.17) is 9.47 Å². The molecular formula is C29H39N3O6. The van der Waals surface area contributed by atoms with Crippen molar-refractivity contribution in [3.63, 3.8) is 0 Å². The average Bonchev–Trinajstić information content (AvgIpc) is 3.42. The molecule has 1 spiro atoms. The summed E-state index contributed by atoms with van der Waals surface area (Å²) in [6.45, 7) is 13.4. The summed E-state index contributed by atoms with van der Waals surface area (Å²) >= 11 is 0. The molecule has 0 aliphatic carbocycles. The molecule has 38 heavy (non-hydrogen) atoms. The summed E-state index contributed by atoms with van der Waals surface area (Å²) in [6.07, 6.45) is 3.71. The molecule has 3 amide bonds. The van der Waals surface area contributed by atoms with Crippen molar-refractivity contribution in [1.82, 2.24) is 9.80 Å². The van der Waals surface area contributed by atoms with Crippen molar-refractivity contribution >= 4 is 23.4 Å². The molecule has 1 aromatic rings. The fourth-order valence-electron chi connectivity index (χ4n) is 6.78. The SMILES string of the molecule is C=CCN(C)C(=O)[C@@H]1[C@H]2C(=O)N([C@H](C)CO)C(C(=O)N(CC=C)c3ccc(OC)cc3)C23CC(C)[C@@]1(C)O3. The molecule has 9 nitrogen and oxygen atoms in total. The highest BCUT2D eigenvalue weighted by atomic mass is 16.5. The van der Waals surface area contributed by atoms with Crippen LogP contribution in [0.25, 0.3) is 0 Å². The molecule has 3 fully saturated rings. The maximum absolute atomic E-state index is 14.5. The third kappa shape index (κ3) is 3.94. The number of rotatable bonds is 10. The number of hydrogen-bond donors (Lipinski definition) is 1. The molecule has 3 aliphatic heterocycles. The molecule has 0 radical (unpaired) electrons. The Morgan fingerprint density at radius 2 is 1.87 bits per heavy atom. The fraction of sp³-hybridized carbons (Fsp3) is 0.552. The summed E-state index contributed by atoms with van der Waals surface area (Å²) in [5.74, 6) is -1.91. The second-order valence-electron chi connectivity index (χ2n) is 10.9. The van der Waals surface area contributed by atoms with E-state index in [9.17, 15) is 19.5 Å². The van der Waals surface area contributed by atoms with Crippen molar-refractivity contribution in [3.05, 3.63) is 49.6 Å². The number of anilines is 1. The van der Waals surface area contributed by atoms with Crippen LogP contribution < -0.4 is 9.64 Å². The molecule has 1 N–H and O–H groups in total. The van der Waals surface area contributed by atoms with E-state index < -0.39 is 35.1 Å². The monoisotopic (exact) mass is 525 g/mol. The van der Waals surface area contributed by atoms with E-state index in [0.717, 1.165) is 0 Å². The van der Waals surface area contributed by atoms with Gasteiger partial charge in [-0.15, -0.1) is 13.2 Å². The second-order valence-corrected chi connectivity index (χ2v) is 10.9.